The van der Waals surface area contributed by atoms with Crippen molar-refractivity contribution in [1.29, 1.82) is 0 Å². The molecule has 0 radical (unpaired) electrons. The van der Waals surface area contributed by atoms with Gasteiger partial charge in [0.1, 0.15) is 5.75 Å². The molecule has 23 heavy (non-hydrogen) atoms. The number of methoxy groups -OCH3 is 1. The largest absolute Gasteiger partial charge is 0.496 e. The maximum atomic E-state index is 12.9. The highest BCUT2D eigenvalue weighted by Gasteiger charge is 2.30. The number of nitrogens with zero attached hydrogens (tertiary/aromatic N) is 1. The lowest BCUT2D eigenvalue weighted by Gasteiger charge is -2.36. The summed E-state index contributed by atoms with van der Waals surface area (Å²) in [6, 6.07) is 11.8. The summed E-state index contributed by atoms with van der Waals surface area (Å²) >= 11 is 1.55. The number of halogens is 1. The Morgan fingerprint density at radius 1 is 1.30 bits per heavy atom. The minimum Gasteiger partial charge on any atom is -0.496 e. The number of ether oxygens (including phenoxy) is 1. The molecule has 4 nitrogen and oxygen atoms in total. The van der Waals surface area contributed by atoms with Gasteiger partial charge in [-0.15, -0.1) is 23.7 Å². The van der Waals surface area contributed by atoms with E-state index in [0.29, 0.717) is 6.54 Å². The first-order chi connectivity index (χ1) is 10.7. The molecule has 1 unspecified atom stereocenters. The van der Waals surface area contributed by atoms with Crippen LogP contribution in [-0.4, -0.2) is 37.6 Å². The van der Waals surface area contributed by atoms with Gasteiger partial charge >= 0.3 is 0 Å². The molecule has 1 fully saturated rings. The summed E-state index contributed by atoms with van der Waals surface area (Å²) in [5.74, 6) is 0.937. The third-order valence-electron chi connectivity index (χ3n) is 3.95. The number of rotatable bonds is 3. The second kappa shape index (κ2) is 7.81. The lowest BCUT2D eigenvalue weighted by Crippen LogP contribution is -2.48. The van der Waals surface area contributed by atoms with Crippen LogP contribution in [0, 0.1) is 6.92 Å². The van der Waals surface area contributed by atoms with Crippen LogP contribution in [0.15, 0.2) is 36.4 Å². The van der Waals surface area contributed by atoms with Gasteiger partial charge in [0.05, 0.1) is 18.0 Å². The van der Waals surface area contributed by atoms with Crippen molar-refractivity contribution in [2.45, 2.75) is 13.0 Å². The average Bonchev–Trinajstić information content (AvgIpc) is 3.00. The molecule has 1 N–H and O–H groups in total. The first-order valence-electron chi connectivity index (χ1n) is 7.41. The van der Waals surface area contributed by atoms with E-state index in [9.17, 15) is 4.79 Å². The summed E-state index contributed by atoms with van der Waals surface area (Å²) in [5, 5.41) is 3.38. The maximum Gasteiger partial charge on any atom is 0.264 e. The lowest BCUT2D eigenvalue weighted by atomic mass is 10.0. The second-order valence-electron chi connectivity index (χ2n) is 5.37. The minimum absolute atomic E-state index is 0. The van der Waals surface area contributed by atoms with Gasteiger partial charge < -0.3 is 15.0 Å². The number of thiophene rings is 1. The molecule has 124 valence electrons. The molecule has 1 saturated heterocycles. The average molecular weight is 353 g/mol. The van der Waals surface area contributed by atoms with Gasteiger partial charge in [0.25, 0.3) is 5.91 Å². The Balaban J connectivity index is 0.00000192. The van der Waals surface area contributed by atoms with E-state index in [2.05, 4.69) is 5.32 Å². The zero-order valence-corrected chi connectivity index (χ0v) is 14.9. The lowest BCUT2D eigenvalue weighted by molar-refractivity contribution is 0.0636. The van der Waals surface area contributed by atoms with E-state index in [1.807, 2.05) is 48.2 Å². The smallest absolute Gasteiger partial charge is 0.264 e. The predicted octanol–water partition coefficient (Wildman–Crippen LogP) is 3.27. The Hall–Kier alpha value is -1.56. The summed E-state index contributed by atoms with van der Waals surface area (Å²) in [6.07, 6.45) is 0. The van der Waals surface area contributed by atoms with Crippen LogP contribution in [0.1, 0.15) is 26.2 Å². The molecule has 2 heterocycles. The monoisotopic (exact) mass is 352 g/mol. The Morgan fingerprint density at radius 2 is 2.09 bits per heavy atom. The van der Waals surface area contributed by atoms with Crippen molar-refractivity contribution in [2.24, 2.45) is 0 Å². The fourth-order valence-electron chi connectivity index (χ4n) is 2.86. The molecule has 1 amide bonds. The van der Waals surface area contributed by atoms with Crippen LogP contribution < -0.4 is 10.1 Å². The summed E-state index contributed by atoms with van der Waals surface area (Å²) in [4.78, 5) is 16.8. The molecule has 3 rings (SSSR count). The standard InChI is InChI=1S/C17H20N2O2S.ClH/c1-12-7-8-16(22-12)17(20)19-10-9-18-11-14(19)13-5-3-4-6-15(13)21-2;/h3-8,14,18H,9-11H2,1-2H3;1H. The van der Waals surface area contributed by atoms with Crippen LogP contribution >= 0.6 is 23.7 Å². The van der Waals surface area contributed by atoms with Crippen molar-refractivity contribution in [1.82, 2.24) is 10.2 Å². The van der Waals surface area contributed by atoms with E-state index >= 15 is 0 Å². The van der Waals surface area contributed by atoms with E-state index < -0.39 is 0 Å². The fourth-order valence-corrected chi connectivity index (χ4v) is 3.68. The van der Waals surface area contributed by atoms with Gasteiger partial charge in [0, 0.05) is 30.1 Å². The highest BCUT2D eigenvalue weighted by Crippen LogP contribution is 2.32. The highest BCUT2D eigenvalue weighted by molar-refractivity contribution is 7.13. The van der Waals surface area contributed by atoms with E-state index in [4.69, 9.17) is 4.74 Å². The first kappa shape index (κ1) is 17.8. The van der Waals surface area contributed by atoms with E-state index in [1.54, 1.807) is 18.4 Å². The quantitative estimate of drug-likeness (QED) is 0.921. The SMILES string of the molecule is COc1ccccc1C1CNCCN1C(=O)c1ccc(C)s1.Cl. The zero-order chi connectivity index (χ0) is 15.5. The van der Waals surface area contributed by atoms with E-state index in [-0.39, 0.29) is 24.4 Å². The summed E-state index contributed by atoms with van der Waals surface area (Å²) in [6.45, 7) is 4.30. The molecule has 6 heteroatoms. The third-order valence-corrected chi connectivity index (χ3v) is 4.94. The number of carbonyl (C=O) groups excluding carboxylic acids is 1. The molecule has 2 aromatic rings. The van der Waals surface area contributed by atoms with Gasteiger partial charge in [-0.2, -0.15) is 0 Å². The van der Waals surface area contributed by atoms with Crippen LogP contribution in [0.3, 0.4) is 0 Å². The van der Waals surface area contributed by atoms with Crippen molar-refractivity contribution >= 4 is 29.7 Å². The number of para-hydroxylation sites is 1. The number of aryl methyl sites for hydroxylation is 1. The molecule has 1 aromatic carbocycles. The van der Waals surface area contributed by atoms with Crippen molar-refractivity contribution < 1.29 is 9.53 Å². The number of piperazine rings is 1. The van der Waals surface area contributed by atoms with Gasteiger partial charge in [-0.05, 0) is 25.1 Å². The predicted molar refractivity (Wildman–Crippen MR) is 95.9 cm³/mol. The molecule has 1 aliphatic heterocycles. The normalized spacial score (nSPS) is 17.5. The third kappa shape index (κ3) is 3.68. The van der Waals surface area contributed by atoms with Gasteiger partial charge in [-0.1, -0.05) is 18.2 Å². The van der Waals surface area contributed by atoms with Gasteiger partial charge in [0.2, 0.25) is 0 Å². The molecule has 0 aliphatic carbocycles. The number of hydrogen-bond donors (Lipinski definition) is 1. The molecule has 1 aromatic heterocycles. The van der Waals surface area contributed by atoms with Crippen LogP contribution in [0.25, 0.3) is 0 Å². The highest BCUT2D eigenvalue weighted by atomic mass is 35.5. The van der Waals surface area contributed by atoms with E-state index in [0.717, 1.165) is 34.2 Å². The van der Waals surface area contributed by atoms with Crippen LogP contribution in [0.2, 0.25) is 0 Å². The van der Waals surface area contributed by atoms with Crippen molar-refractivity contribution in [2.75, 3.05) is 26.7 Å². The Kier molecular flexibility index (Phi) is 6.04. The number of hydrogen-bond acceptors (Lipinski definition) is 4. The van der Waals surface area contributed by atoms with Gasteiger partial charge in [-0.25, -0.2) is 0 Å². The van der Waals surface area contributed by atoms with Crippen LogP contribution in [0.5, 0.6) is 5.75 Å². The Labute approximate surface area is 146 Å². The Morgan fingerprint density at radius 3 is 2.78 bits per heavy atom. The summed E-state index contributed by atoms with van der Waals surface area (Å²) < 4.78 is 5.47. The first-order valence-corrected chi connectivity index (χ1v) is 8.23. The molecule has 0 spiro atoms. The van der Waals surface area contributed by atoms with E-state index in [1.165, 1.54) is 0 Å². The molecule has 0 bridgehead atoms. The Bertz CT molecular complexity index is 674. The van der Waals surface area contributed by atoms with Gasteiger partial charge in [-0.3, -0.25) is 4.79 Å². The number of nitrogens with one attached hydrogen (secondary N) is 1. The van der Waals surface area contributed by atoms with Gasteiger partial charge in [0.15, 0.2) is 0 Å². The second-order valence-corrected chi connectivity index (χ2v) is 6.66. The van der Waals surface area contributed by atoms with Crippen LogP contribution in [-0.2, 0) is 0 Å². The topological polar surface area (TPSA) is 41.6 Å². The van der Waals surface area contributed by atoms with Crippen molar-refractivity contribution in [3.05, 3.63) is 51.7 Å². The molecule has 1 aliphatic rings. The minimum atomic E-state index is -0.000180. The fraction of sp³-hybridized carbons (Fsp3) is 0.353. The van der Waals surface area contributed by atoms with Crippen molar-refractivity contribution in [3.63, 3.8) is 0 Å². The molecule has 0 saturated carbocycles. The molecular formula is C17H21ClN2O2S. The number of benzene rings is 1. The summed E-state index contributed by atoms with van der Waals surface area (Å²) in [7, 11) is 1.67. The summed E-state index contributed by atoms with van der Waals surface area (Å²) in [5.41, 5.74) is 1.05. The molecule has 1 atom stereocenters. The number of carbonyl (C=O) groups is 1. The number of amides is 1. The maximum absolute atomic E-state index is 12.9. The van der Waals surface area contributed by atoms with Crippen LogP contribution in [0.4, 0.5) is 0 Å². The molecular weight excluding hydrogens is 332 g/mol. The zero-order valence-electron chi connectivity index (χ0n) is 13.2. The van der Waals surface area contributed by atoms with Crippen molar-refractivity contribution in [3.8, 4) is 5.75 Å².